The molecule has 1 saturated heterocycles. The highest BCUT2D eigenvalue weighted by Crippen LogP contribution is 2.36. The Morgan fingerprint density at radius 2 is 1.84 bits per heavy atom. The van der Waals surface area contributed by atoms with Gasteiger partial charge in [0.05, 0.1) is 11.3 Å². The molecule has 1 fully saturated rings. The van der Waals surface area contributed by atoms with Crippen LogP contribution in [0.1, 0.15) is 48.9 Å². The van der Waals surface area contributed by atoms with E-state index in [9.17, 15) is 14.4 Å². The Balaban J connectivity index is 1.56. The number of hydrogen-bond acceptors (Lipinski definition) is 4. The van der Waals surface area contributed by atoms with Gasteiger partial charge in [-0.15, -0.1) is 0 Å². The van der Waals surface area contributed by atoms with Crippen LogP contribution >= 0.6 is 11.8 Å². The first-order valence-electron chi connectivity index (χ1n) is 10.9. The lowest BCUT2D eigenvalue weighted by atomic mass is 9.92. The summed E-state index contributed by atoms with van der Waals surface area (Å²) in [6.45, 7) is 2.20. The average Bonchev–Trinajstić information content (AvgIpc) is 2.89. The van der Waals surface area contributed by atoms with Crippen LogP contribution in [0.2, 0.25) is 0 Å². The first-order valence-corrected chi connectivity index (χ1v) is 11.8. The van der Waals surface area contributed by atoms with E-state index < -0.39 is 11.3 Å². The molecule has 162 valence electrons. The SMILES string of the molecule is CC(=O)S[C@H](Cc1ccccc1)C(=O)NC1Cc2ccccc2C2CCCCN2C1=O. The van der Waals surface area contributed by atoms with Gasteiger partial charge in [-0.05, 0) is 42.4 Å². The van der Waals surface area contributed by atoms with Crippen molar-refractivity contribution in [2.45, 2.75) is 56.4 Å². The quantitative estimate of drug-likeness (QED) is 0.777. The van der Waals surface area contributed by atoms with Crippen molar-refractivity contribution in [2.75, 3.05) is 6.54 Å². The van der Waals surface area contributed by atoms with Crippen LogP contribution in [0.25, 0.3) is 0 Å². The fourth-order valence-corrected chi connectivity index (χ4v) is 5.52. The van der Waals surface area contributed by atoms with Crippen molar-refractivity contribution in [1.82, 2.24) is 10.2 Å². The third-order valence-electron chi connectivity index (χ3n) is 6.10. The van der Waals surface area contributed by atoms with Crippen molar-refractivity contribution in [3.8, 4) is 0 Å². The number of rotatable bonds is 5. The minimum atomic E-state index is -0.609. The Bertz CT molecular complexity index is 962. The van der Waals surface area contributed by atoms with E-state index in [0.29, 0.717) is 12.8 Å². The Morgan fingerprint density at radius 3 is 2.61 bits per heavy atom. The fourth-order valence-electron chi connectivity index (χ4n) is 4.67. The zero-order valence-electron chi connectivity index (χ0n) is 17.8. The second-order valence-electron chi connectivity index (χ2n) is 8.30. The van der Waals surface area contributed by atoms with Crippen LogP contribution in [0, 0.1) is 0 Å². The van der Waals surface area contributed by atoms with Crippen LogP contribution in [0.15, 0.2) is 54.6 Å². The second kappa shape index (κ2) is 9.69. The Hall–Kier alpha value is -2.60. The van der Waals surface area contributed by atoms with Gasteiger partial charge in [-0.25, -0.2) is 0 Å². The van der Waals surface area contributed by atoms with Crippen molar-refractivity contribution in [2.24, 2.45) is 0 Å². The van der Waals surface area contributed by atoms with E-state index in [1.807, 2.05) is 47.4 Å². The molecule has 5 nitrogen and oxygen atoms in total. The molecule has 6 heteroatoms. The summed E-state index contributed by atoms with van der Waals surface area (Å²) in [7, 11) is 0. The number of benzene rings is 2. The van der Waals surface area contributed by atoms with E-state index >= 15 is 0 Å². The summed E-state index contributed by atoms with van der Waals surface area (Å²) in [6.07, 6.45) is 3.98. The molecule has 0 saturated carbocycles. The molecule has 0 aliphatic carbocycles. The predicted octanol–water partition coefficient (Wildman–Crippen LogP) is 3.67. The smallest absolute Gasteiger partial charge is 0.246 e. The van der Waals surface area contributed by atoms with E-state index in [-0.39, 0.29) is 23.0 Å². The molecule has 2 aromatic carbocycles. The summed E-state index contributed by atoms with van der Waals surface area (Å²) in [5.41, 5.74) is 3.31. The molecule has 1 N–H and O–H groups in total. The second-order valence-corrected chi connectivity index (χ2v) is 9.67. The van der Waals surface area contributed by atoms with Gasteiger partial charge in [0.2, 0.25) is 11.8 Å². The first kappa shape index (κ1) is 21.6. The van der Waals surface area contributed by atoms with Gasteiger partial charge < -0.3 is 10.2 Å². The molecule has 4 rings (SSSR count). The van der Waals surface area contributed by atoms with Gasteiger partial charge in [0.15, 0.2) is 5.12 Å². The highest BCUT2D eigenvalue weighted by molar-refractivity contribution is 8.14. The van der Waals surface area contributed by atoms with Crippen molar-refractivity contribution in [3.05, 3.63) is 71.3 Å². The number of piperidine rings is 1. The molecule has 2 aliphatic heterocycles. The van der Waals surface area contributed by atoms with E-state index in [1.165, 1.54) is 12.5 Å². The Kier molecular flexibility index (Phi) is 6.76. The lowest BCUT2D eigenvalue weighted by Gasteiger charge is -2.36. The molecule has 31 heavy (non-hydrogen) atoms. The van der Waals surface area contributed by atoms with Gasteiger partial charge in [0, 0.05) is 19.9 Å². The maximum atomic E-state index is 13.4. The lowest BCUT2D eigenvalue weighted by molar-refractivity contribution is -0.139. The molecule has 2 aromatic rings. The topological polar surface area (TPSA) is 66.5 Å². The van der Waals surface area contributed by atoms with Gasteiger partial charge in [-0.1, -0.05) is 66.4 Å². The molecular weight excluding hydrogens is 408 g/mol. The van der Waals surface area contributed by atoms with Crippen molar-refractivity contribution in [3.63, 3.8) is 0 Å². The summed E-state index contributed by atoms with van der Waals surface area (Å²) in [6, 6.07) is 17.3. The molecule has 3 atom stereocenters. The Labute approximate surface area is 187 Å². The predicted molar refractivity (Wildman–Crippen MR) is 123 cm³/mol. The van der Waals surface area contributed by atoms with E-state index in [1.54, 1.807) is 0 Å². The normalized spacial score (nSPS) is 21.5. The highest BCUT2D eigenvalue weighted by atomic mass is 32.2. The third-order valence-corrected chi connectivity index (χ3v) is 7.10. The van der Waals surface area contributed by atoms with Crippen LogP contribution in [0.5, 0.6) is 0 Å². The average molecular weight is 437 g/mol. The van der Waals surface area contributed by atoms with Gasteiger partial charge in [-0.2, -0.15) is 0 Å². The number of thioether (sulfide) groups is 1. The zero-order valence-corrected chi connectivity index (χ0v) is 18.6. The minimum Gasteiger partial charge on any atom is -0.343 e. The molecule has 0 radical (unpaired) electrons. The summed E-state index contributed by atoms with van der Waals surface area (Å²) in [4.78, 5) is 40.4. The number of nitrogens with zero attached hydrogens (tertiary/aromatic N) is 1. The maximum Gasteiger partial charge on any atom is 0.246 e. The lowest BCUT2D eigenvalue weighted by Crippen LogP contribution is -2.52. The van der Waals surface area contributed by atoms with Crippen LogP contribution in [0.3, 0.4) is 0 Å². The van der Waals surface area contributed by atoms with Crippen LogP contribution in [0.4, 0.5) is 0 Å². The first-order chi connectivity index (χ1) is 15.0. The number of carbonyl (C=O) groups is 3. The summed E-state index contributed by atoms with van der Waals surface area (Å²) >= 11 is 1.03. The molecule has 2 heterocycles. The van der Waals surface area contributed by atoms with Gasteiger partial charge in [0.25, 0.3) is 0 Å². The summed E-state index contributed by atoms with van der Waals surface area (Å²) < 4.78 is 0. The molecule has 2 unspecified atom stereocenters. The largest absolute Gasteiger partial charge is 0.343 e. The maximum absolute atomic E-state index is 13.4. The fraction of sp³-hybridized carbons (Fsp3) is 0.400. The van der Waals surface area contributed by atoms with Crippen molar-refractivity contribution in [1.29, 1.82) is 0 Å². The van der Waals surface area contributed by atoms with Crippen molar-refractivity contribution < 1.29 is 14.4 Å². The number of nitrogens with one attached hydrogen (secondary N) is 1. The molecule has 0 aromatic heterocycles. The number of fused-ring (bicyclic) bond motifs is 3. The molecule has 2 aliphatic rings. The summed E-state index contributed by atoms with van der Waals surface area (Å²) in [5, 5.41) is 2.33. The van der Waals surface area contributed by atoms with E-state index in [2.05, 4.69) is 17.4 Å². The zero-order chi connectivity index (χ0) is 21.8. The van der Waals surface area contributed by atoms with Crippen LogP contribution in [-0.4, -0.2) is 39.7 Å². The molecular formula is C25H28N2O3S. The van der Waals surface area contributed by atoms with Gasteiger partial charge in [0.1, 0.15) is 6.04 Å². The van der Waals surface area contributed by atoms with E-state index in [4.69, 9.17) is 0 Å². The van der Waals surface area contributed by atoms with Crippen LogP contribution < -0.4 is 5.32 Å². The van der Waals surface area contributed by atoms with E-state index in [0.717, 1.165) is 48.7 Å². The van der Waals surface area contributed by atoms with Gasteiger partial charge >= 0.3 is 0 Å². The van der Waals surface area contributed by atoms with Crippen LogP contribution in [-0.2, 0) is 27.2 Å². The third kappa shape index (κ3) is 5.01. The van der Waals surface area contributed by atoms with Gasteiger partial charge in [-0.3, -0.25) is 14.4 Å². The molecule has 0 bridgehead atoms. The standard InChI is InChI=1S/C25H28N2O3S/c1-17(28)31-23(15-18-9-3-2-4-10-18)24(29)26-21-16-19-11-5-6-12-20(19)22-13-7-8-14-27(22)25(21)30/h2-6,9-12,21-23H,7-8,13-16H2,1H3,(H,26,29)/t21?,22?,23-/m1/s1. The minimum absolute atomic E-state index is 0.0134. The number of hydrogen-bond donors (Lipinski definition) is 1. The number of carbonyl (C=O) groups excluding carboxylic acids is 3. The highest BCUT2D eigenvalue weighted by Gasteiger charge is 2.38. The summed E-state index contributed by atoms with van der Waals surface area (Å²) in [5.74, 6) is -0.268. The molecule has 2 amide bonds. The Morgan fingerprint density at radius 1 is 1.10 bits per heavy atom. The monoisotopic (exact) mass is 436 g/mol. The number of amides is 2. The van der Waals surface area contributed by atoms with Crippen molar-refractivity contribution >= 4 is 28.7 Å². The molecule has 0 spiro atoms.